The second-order valence-corrected chi connectivity index (χ2v) is 5.97. The molecule has 1 aromatic heterocycles. The lowest BCUT2D eigenvalue weighted by Gasteiger charge is -2.08. The van der Waals surface area contributed by atoms with E-state index < -0.39 is 0 Å². The average Bonchev–Trinajstić information content (AvgIpc) is 2.98. The summed E-state index contributed by atoms with van der Waals surface area (Å²) in [6.45, 7) is 0. The second-order valence-electron chi connectivity index (χ2n) is 5.06. The van der Waals surface area contributed by atoms with Crippen LogP contribution in [0, 0.1) is 0 Å². The van der Waals surface area contributed by atoms with E-state index >= 15 is 0 Å². The number of hydrogen-bond acceptors (Lipinski definition) is 4. The molecule has 0 bridgehead atoms. The van der Waals surface area contributed by atoms with Crippen molar-refractivity contribution in [3.05, 3.63) is 46.0 Å². The Kier molecular flexibility index (Phi) is 3.66. The Morgan fingerprint density at radius 3 is 3.00 bits per heavy atom. The van der Waals surface area contributed by atoms with Crippen molar-refractivity contribution in [1.29, 1.82) is 0 Å². The van der Waals surface area contributed by atoms with Crippen molar-refractivity contribution in [3.63, 3.8) is 0 Å². The standard InChI is InChI=1S/C14H16BrN3O/c15-10-4-1-3-9(7-10)8-13-17-14(19-18-13)11-5-2-6-12(11)16/h1,3-4,7,11-12H,2,5-6,8,16H2. The van der Waals surface area contributed by atoms with Gasteiger partial charge >= 0.3 is 0 Å². The van der Waals surface area contributed by atoms with Crippen LogP contribution in [0.3, 0.4) is 0 Å². The molecule has 100 valence electrons. The number of nitrogens with zero attached hydrogens (tertiary/aromatic N) is 2. The zero-order valence-electron chi connectivity index (χ0n) is 10.6. The molecule has 2 atom stereocenters. The number of hydrogen-bond donors (Lipinski definition) is 1. The van der Waals surface area contributed by atoms with Gasteiger partial charge in [-0.25, -0.2) is 0 Å². The summed E-state index contributed by atoms with van der Waals surface area (Å²) in [5.41, 5.74) is 7.22. The SMILES string of the molecule is NC1CCCC1c1nc(Cc2cccc(Br)c2)no1. The van der Waals surface area contributed by atoms with Gasteiger partial charge in [0.15, 0.2) is 5.82 Å². The number of aromatic nitrogens is 2. The lowest BCUT2D eigenvalue weighted by atomic mass is 10.1. The number of rotatable bonds is 3. The first-order valence-corrected chi connectivity index (χ1v) is 7.34. The predicted octanol–water partition coefficient (Wildman–Crippen LogP) is 3.02. The summed E-state index contributed by atoms with van der Waals surface area (Å²) in [6.07, 6.45) is 3.94. The van der Waals surface area contributed by atoms with Gasteiger partial charge in [0, 0.05) is 16.9 Å². The number of nitrogens with two attached hydrogens (primary N) is 1. The van der Waals surface area contributed by atoms with Gasteiger partial charge in [-0.1, -0.05) is 39.6 Å². The van der Waals surface area contributed by atoms with Crippen molar-refractivity contribution in [3.8, 4) is 0 Å². The normalized spacial score (nSPS) is 22.8. The van der Waals surface area contributed by atoms with Crippen LogP contribution in [0.2, 0.25) is 0 Å². The molecule has 2 aromatic rings. The lowest BCUT2D eigenvalue weighted by molar-refractivity contribution is 0.342. The first-order valence-electron chi connectivity index (χ1n) is 6.55. The molecule has 5 heteroatoms. The average molecular weight is 322 g/mol. The minimum atomic E-state index is 0.166. The Morgan fingerprint density at radius 2 is 2.26 bits per heavy atom. The Morgan fingerprint density at radius 1 is 1.37 bits per heavy atom. The van der Waals surface area contributed by atoms with E-state index in [1.807, 2.05) is 12.1 Å². The third kappa shape index (κ3) is 2.87. The molecule has 1 aliphatic rings. The highest BCUT2D eigenvalue weighted by Gasteiger charge is 2.30. The molecule has 1 aromatic carbocycles. The Bertz CT molecular complexity index is 569. The highest BCUT2D eigenvalue weighted by Crippen LogP contribution is 2.32. The van der Waals surface area contributed by atoms with Gasteiger partial charge in [-0.2, -0.15) is 4.98 Å². The fraction of sp³-hybridized carbons (Fsp3) is 0.429. The van der Waals surface area contributed by atoms with E-state index in [4.69, 9.17) is 10.3 Å². The van der Waals surface area contributed by atoms with Crippen LogP contribution in [-0.4, -0.2) is 16.2 Å². The third-order valence-electron chi connectivity index (χ3n) is 3.62. The summed E-state index contributed by atoms with van der Waals surface area (Å²) in [7, 11) is 0. The molecule has 1 heterocycles. The summed E-state index contributed by atoms with van der Waals surface area (Å²) in [6, 6.07) is 8.30. The Labute approximate surface area is 120 Å². The minimum Gasteiger partial charge on any atom is -0.339 e. The van der Waals surface area contributed by atoms with Gasteiger partial charge in [-0.05, 0) is 30.5 Å². The summed E-state index contributed by atoms with van der Waals surface area (Å²) < 4.78 is 6.43. The van der Waals surface area contributed by atoms with E-state index in [9.17, 15) is 0 Å². The van der Waals surface area contributed by atoms with Gasteiger partial charge in [0.05, 0.1) is 5.92 Å². The van der Waals surface area contributed by atoms with E-state index in [-0.39, 0.29) is 12.0 Å². The van der Waals surface area contributed by atoms with Crippen LogP contribution in [0.25, 0.3) is 0 Å². The predicted molar refractivity (Wildman–Crippen MR) is 75.8 cm³/mol. The van der Waals surface area contributed by atoms with Crippen LogP contribution in [0.1, 0.15) is 42.5 Å². The quantitative estimate of drug-likeness (QED) is 0.943. The first kappa shape index (κ1) is 12.8. The van der Waals surface area contributed by atoms with Crippen LogP contribution in [0.15, 0.2) is 33.3 Å². The van der Waals surface area contributed by atoms with Crippen LogP contribution >= 0.6 is 15.9 Å². The fourth-order valence-electron chi connectivity index (χ4n) is 2.61. The van der Waals surface area contributed by atoms with Crippen molar-refractivity contribution in [2.24, 2.45) is 5.73 Å². The lowest BCUT2D eigenvalue weighted by Crippen LogP contribution is -2.22. The largest absolute Gasteiger partial charge is 0.339 e. The van der Waals surface area contributed by atoms with Crippen molar-refractivity contribution < 1.29 is 4.52 Å². The molecule has 1 saturated carbocycles. The molecule has 0 aliphatic heterocycles. The van der Waals surface area contributed by atoms with Crippen molar-refractivity contribution in [2.45, 2.75) is 37.6 Å². The highest BCUT2D eigenvalue weighted by molar-refractivity contribution is 9.10. The second kappa shape index (κ2) is 5.43. The third-order valence-corrected chi connectivity index (χ3v) is 4.11. The maximum Gasteiger partial charge on any atom is 0.231 e. The van der Waals surface area contributed by atoms with Gasteiger partial charge in [0.1, 0.15) is 0 Å². The molecular formula is C14H16BrN3O. The van der Waals surface area contributed by atoms with Crippen molar-refractivity contribution in [2.75, 3.05) is 0 Å². The van der Waals surface area contributed by atoms with E-state index in [0.717, 1.165) is 35.1 Å². The molecule has 3 rings (SSSR count). The van der Waals surface area contributed by atoms with Gasteiger partial charge in [-0.15, -0.1) is 0 Å². The van der Waals surface area contributed by atoms with E-state index in [1.165, 1.54) is 0 Å². The van der Waals surface area contributed by atoms with E-state index in [0.29, 0.717) is 12.3 Å². The Balaban J connectivity index is 1.74. The summed E-state index contributed by atoms with van der Waals surface area (Å²) in [4.78, 5) is 4.49. The van der Waals surface area contributed by atoms with Crippen molar-refractivity contribution in [1.82, 2.24) is 10.1 Å². The van der Waals surface area contributed by atoms with Gasteiger partial charge in [0.25, 0.3) is 0 Å². The summed E-state index contributed by atoms with van der Waals surface area (Å²) in [5.74, 6) is 1.67. The minimum absolute atomic E-state index is 0.166. The molecule has 0 radical (unpaired) electrons. The smallest absolute Gasteiger partial charge is 0.231 e. The molecule has 1 fully saturated rings. The maximum absolute atomic E-state index is 6.06. The topological polar surface area (TPSA) is 64.9 Å². The van der Waals surface area contributed by atoms with Crippen LogP contribution in [0.5, 0.6) is 0 Å². The molecule has 4 nitrogen and oxygen atoms in total. The van der Waals surface area contributed by atoms with E-state index in [1.54, 1.807) is 0 Å². The molecule has 0 spiro atoms. The van der Waals surface area contributed by atoms with Gasteiger partial charge < -0.3 is 10.3 Å². The molecule has 2 N–H and O–H groups in total. The van der Waals surface area contributed by atoms with Crippen molar-refractivity contribution >= 4 is 15.9 Å². The summed E-state index contributed by atoms with van der Waals surface area (Å²) >= 11 is 3.46. The van der Waals surface area contributed by atoms with Gasteiger partial charge in [0.2, 0.25) is 5.89 Å². The molecular weight excluding hydrogens is 306 g/mol. The molecule has 19 heavy (non-hydrogen) atoms. The first-order chi connectivity index (χ1) is 9.22. The zero-order chi connectivity index (χ0) is 13.2. The van der Waals surface area contributed by atoms with Gasteiger partial charge in [-0.3, -0.25) is 0 Å². The Hall–Kier alpha value is -1.20. The number of benzene rings is 1. The van der Waals surface area contributed by atoms with Crippen LogP contribution < -0.4 is 5.73 Å². The highest BCUT2D eigenvalue weighted by atomic mass is 79.9. The summed E-state index contributed by atoms with van der Waals surface area (Å²) in [5, 5.41) is 4.06. The van der Waals surface area contributed by atoms with Crippen LogP contribution in [0.4, 0.5) is 0 Å². The molecule has 2 unspecified atom stereocenters. The maximum atomic E-state index is 6.06. The molecule has 0 amide bonds. The molecule has 1 aliphatic carbocycles. The zero-order valence-corrected chi connectivity index (χ0v) is 12.1. The molecule has 0 saturated heterocycles. The van der Waals surface area contributed by atoms with E-state index in [2.05, 4.69) is 38.2 Å². The number of halogens is 1. The van der Waals surface area contributed by atoms with Crippen LogP contribution in [-0.2, 0) is 6.42 Å². The monoisotopic (exact) mass is 321 g/mol. The fourth-order valence-corrected chi connectivity index (χ4v) is 3.06.